The summed E-state index contributed by atoms with van der Waals surface area (Å²) < 4.78 is 36.0. The Morgan fingerprint density at radius 3 is 1.01 bits per heavy atom. The minimum Gasteiger partial charge on any atom is -0.467 e. The molecule has 746 valence electrons. The molecule has 1 saturated heterocycles. The third kappa shape index (κ3) is 63.0. The molecule has 1 unspecified atom stereocenters. The molecule has 128 heavy (non-hydrogen) atoms. The second-order valence-electron chi connectivity index (χ2n) is 43.9. The van der Waals surface area contributed by atoms with Gasteiger partial charge in [-0.2, -0.15) is 0 Å². The Morgan fingerprint density at radius 2 is 0.711 bits per heavy atom. The van der Waals surface area contributed by atoms with Gasteiger partial charge in [0.1, 0.15) is 36.4 Å². The molecule has 2 rings (SSSR count). The fourth-order valence-corrected chi connectivity index (χ4v) is 9.40. The van der Waals surface area contributed by atoms with E-state index in [2.05, 4.69) is 65.9 Å². The van der Waals surface area contributed by atoms with Gasteiger partial charge in [-0.05, 0) is 124 Å². The van der Waals surface area contributed by atoms with E-state index >= 15 is 0 Å². The van der Waals surface area contributed by atoms with Crippen LogP contribution in [0.3, 0.4) is 0 Å². The molecule has 29 nitrogen and oxygen atoms in total. The van der Waals surface area contributed by atoms with Gasteiger partial charge in [-0.1, -0.05) is 273 Å². The van der Waals surface area contributed by atoms with Crippen molar-refractivity contribution in [2.75, 3.05) is 34.0 Å². The summed E-state index contributed by atoms with van der Waals surface area (Å²) in [6.45, 7) is 83.4. The molecule has 1 fully saturated rings. The summed E-state index contributed by atoms with van der Waals surface area (Å²) in [4.78, 5) is 164. The van der Waals surface area contributed by atoms with Crippen LogP contribution < -0.4 is 42.5 Å². The Hall–Kier alpha value is -8.08. The van der Waals surface area contributed by atoms with Gasteiger partial charge >= 0.3 is 29.8 Å². The number of esters is 5. The summed E-state index contributed by atoms with van der Waals surface area (Å²) in [5, 5.41) is 22.3. The van der Waals surface area contributed by atoms with Gasteiger partial charge in [0.15, 0.2) is 11.8 Å². The van der Waals surface area contributed by atoms with Crippen LogP contribution in [0.5, 0.6) is 0 Å². The number of ketones is 1. The number of carbonyl (C=O) groups is 14. The molecular formula is C99H184N8O21. The Morgan fingerprint density at radius 1 is 0.383 bits per heavy atom. The monoisotopic (exact) mass is 1820 g/mol. The molecule has 0 aromatic heterocycles. The lowest BCUT2D eigenvalue weighted by molar-refractivity contribution is -0.162. The normalized spacial score (nSPS) is 14.6. The number of benzene rings is 1. The predicted molar refractivity (Wildman–Crippen MR) is 510 cm³/mol. The second kappa shape index (κ2) is 60.1. The van der Waals surface area contributed by atoms with Gasteiger partial charge in [-0.25, -0.2) is 24.0 Å². The predicted octanol–water partition coefficient (Wildman–Crippen LogP) is 16.0. The van der Waals surface area contributed by atoms with Crippen molar-refractivity contribution in [3.05, 3.63) is 35.9 Å². The fourth-order valence-electron chi connectivity index (χ4n) is 9.40. The molecule has 29 heteroatoms. The van der Waals surface area contributed by atoms with Gasteiger partial charge < -0.3 is 75.7 Å². The summed E-state index contributed by atoms with van der Waals surface area (Å²) in [6.07, 6.45) is 5.46. The van der Waals surface area contributed by atoms with E-state index in [1.54, 1.807) is 83.1 Å². The Kier molecular flexibility index (Phi) is 61.3. The van der Waals surface area contributed by atoms with Crippen molar-refractivity contribution in [1.29, 1.82) is 0 Å². The van der Waals surface area contributed by atoms with E-state index in [1.165, 1.54) is 14.2 Å². The van der Waals surface area contributed by atoms with Crippen LogP contribution >= 0.6 is 0 Å². The standard InChI is InChI=1S/C17H25NO3.C16H31NO4.2C12H23NO3.C11H21NO3.C11H21NO2.C10H19NO2.C10H21NO/c1-12(2)14(18-16(20)17(3,4)5)15(19)21-11-13-9-7-6-8-10-13;1-14(2,3)13(19)17-11(10-20-15(4,5)6)12(18)21-16(7,8)9;1-8(2)7-9(10(14)16-6)13-11(15)12(3,4)5;1-7-16-10(14)9(8(2)3)13-11(15)12(4,5)6;1-7(2)8(9(13)15-6)12-10(14)11(3,4)5;1-8(9-6-5-7-14-9)12-10(13)11(2,3)4;1-6-8(12)7(2)11-9(13)10(3,4)5;1-6-8(7-2)11-9(12)10(3,4)5/h6-10,12,14H,11H2,1-5H3,(H,18,20);11H,10H2,1-9H3,(H,17,19);2*8-9H,7H2,1-6H3,(H,13,15);7-8H,1-6H3,(H,12,14);8-9H,5-7H2,1-4H3,(H,12,13);7H,6H2,1-5H3,(H,11,13);8H,6-7H2,1-5H3,(H,11,12)/t14-;11-;2*9-;8-;8-,9?;7-;/m0000000./s1. The number of methoxy groups -OCH3 is 2. The number of rotatable bonds is 28. The highest BCUT2D eigenvalue weighted by atomic mass is 16.6. The summed E-state index contributed by atoms with van der Waals surface area (Å²) in [7, 11) is 2.65. The summed E-state index contributed by atoms with van der Waals surface area (Å²) in [5.74, 6) is -2.25. The van der Waals surface area contributed by atoms with Crippen LogP contribution in [0, 0.1) is 67.0 Å². The van der Waals surface area contributed by atoms with E-state index in [4.69, 9.17) is 23.7 Å². The zero-order valence-electron chi connectivity index (χ0n) is 88.5. The van der Waals surface area contributed by atoms with E-state index < -0.39 is 91.8 Å². The molecule has 1 aliphatic rings. The van der Waals surface area contributed by atoms with Gasteiger partial charge in [-0.3, -0.25) is 43.2 Å². The lowest BCUT2D eigenvalue weighted by Crippen LogP contribution is -2.51. The van der Waals surface area contributed by atoms with Gasteiger partial charge in [0.2, 0.25) is 47.3 Å². The van der Waals surface area contributed by atoms with Crippen molar-refractivity contribution in [3.8, 4) is 0 Å². The van der Waals surface area contributed by atoms with Crippen molar-refractivity contribution in [1.82, 2.24) is 42.5 Å². The van der Waals surface area contributed by atoms with Crippen molar-refractivity contribution in [3.63, 3.8) is 0 Å². The van der Waals surface area contributed by atoms with E-state index in [0.717, 1.165) is 37.9 Å². The molecule has 0 bridgehead atoms. The van der Waals surface area contributed by atoms with Gasteiger partial charge in [0, 0.05) is 62.4 Å². The van der Waals surface area contributed by atoms with Gasteiger partial charge in [0.25, 0.3) is 0 Å². The van der Waals surface area contributed by atoms with Crippen LogP contribution in [-0.4, -0.2) is 183 Å². The molecule has 1 aliphatic heterocycles. The summed E-state index contributed by atoms with van der Waals surface area (Å²) in [6, 6.07) is 6.48. The molecule has 1 heterocycles. The Bertz CT molecular complexity index is 3470. The first-order chi connectivity index (χ1) is 57.5. The van der Waals surface area contributed by atoms with Crippen molar-refractivity contribution < 1.29 is 100 Å². The maximum absolute atomic E-state index is 12.2. The molecule has 1 aromatic carbocycles. The zero-order chi connectivity index (χ0) is 102. The van der Waals surface area contributed by atoms with E-state index in [1.807, 2.05) is 238 Å². The molecular weight excluding hydrogens is 1640 g/mol. The molecule has 1 aromatic rings. The third-order valence-corrected chi connectivity index (χ3v) is 18.3. The number of Topliss-reactive ketones (excluding diaryl/α,β-unsaturated/α-hetero) is 1. The lowest BCUT2D eigenvalue weighted by Gasteiger charge is -2.29. The molecule has 8 N–H and O–H groups in total. The zero-order valence-corrected chi connectivity index (χ0v) is 88.5. The number of ether oxygens (including phenoxy) is 7. The molecule has 0 radical (unpaired) electrons. The molecule has 0 aliphatic carbocycles. The van der Waals surface area contributed by atoms with Crippen molar-refractivity contribution in [2.24, 2.45) is 67.0 Å². The second-order valence-corrected chi connectivity index (χ2v) is 43.9. The summed E-state index contributed by atoms with van der Waals surface area (Å²) >= 11 is 0. The quantitative estimate of drug-likeness (QED) is 0.0285. The first-order valence-corrected chi connectivity index (χ1v) is 45.5. The first kappa shape index (κ1) is 131. The summed E-state index contributed by atoms with van der Waals surface area (Å²) in [5.41, 5.74) is -3.69. The minimum atomic E-state index is -0.810. The third-order valence-electron chi connectivity index (χ3n) is 18.3. The number of amides is 8. The molecule has 0 spiro atoms. The van der Waals surface area contributed by atoms with Crippen LogP contribution in [0.25, 0.3) is 0 Å². The average molecular weight is 1820 g/mol. The topological polar surface area (TPSA) is 400 Å². The molecule has 0 saturated carbocycles. The van der Waals surface area contributed by atoms with Crippen LogP contribution in [0.4, 0.5) is 0 Å². The van der Waals surface area contributed by atoms with Gasteiger partial charge in [-0.15, -0.1) is 0 Å². The average Bonchev–Trinajstić information content (AvgIpc) is 1.36. The van der Waals surface area contributed by atoms with Crippen LogP contribution in [0.15, 0.2) is 30.3 Å². The maximum Gasteiger partial charge on any atom is 0.331 e. The Labute approximate surface area is 774 Å². The fraction of sp³-hybridized carbons (Fsp3) is 0.798. The largest absolute Gasteiger partial charge is 0.467 e. The minimum absolute atomic E-state index is 0.0174. The van der Waals surface area contributed by atoms with E-state index in [0.29, 0.717) is 31.4 Å². The number of carbonyl (C=O) groups excluding carboxylic acids is 14. The lowest BCUT2D eigenvalue weighted by atomic mass is 9.94. The SMILES string of the molecule is CC(C)(C)OC[C@H](NC(=O)C(C)(C)C)C(=O)OC(C)(C)C.CC(C)[C@H](NC(=O)C(C)(C)C)C(=O)OCc1ccccc1.CCC(=O)[C@H](C)NC(=O)C(C)(C)C.CCC(CC)NC(=O)C(C)(C)C.CCOC(=O)[C@@H](NC(=O)C(C)(C)C)C(C)C.COC(=O)[C@@H](NC(=O)C(C)(C)C)C(C)C.COC(=O)[C@H](CC(C)C)NC(=O)C(C)(C)C.C[C@H](NC(=O)C(C)(C)C)C1CCCO1. The van der Waals surface area contributed by atoms with E-state index in [9.17, 15) is 67.1 Å². The smallest absolute Gasteiger partial charge is 0.331 e. The van der Waals surface area contributed by atoms with Crippen LogP contribution in [0.2, 0.25) is 0 Å². The van der Waals surface area contributed by atoms with Gasteiger partial charge in [0.05, 0.1) is 51.2 Å². The molecule has 8 atom stereocenters. The number of hydrogen-bond donors (Lipinski definition) is 8. The highest BCUT2D eigenvalue weighted by molar-refractivity contribution is 5.92. The van der Waals surface area contributed by atoms with E-state index in [-0.39, 0.29) is 125 Å². The van der Waals surface area contributed by atoms with Crippen LogP contribution in [-0.2, 0) is 107 Å². The van der Waals surface area contributed by atoms with Crippen molar-refractivity contribution in [2.45, 2.75) is 415 Å². The van der Waals surface area contributed by atoms with Crippen LogP contribution in [0.1, 0.15) is 349 Å². The van der Waals surface area contributed by atoms with Crippen molar-refractivity contribution >= 4 is 82.9 Å². The Balaban J connectivity index is -0.000000335. The molecule has 8 amide bonds. The number of hydrogen-bond acceptors (Lipinski definition) is 21. The highest BCUT2D eigenvalue weighted by Crippen LogP contribution is 2.24. The highest BCUT2D eigenvalue weighted by Gasteiger charge is 2.37. The maximum atomic E-state index is 12.2. The first-order valence-electron chi connectivity index (χ1n) is 45.5. The number of nitrogens with one attached hydrogen (secondary N) is 8.